The zero-order valence-corrected chi connectivity index (χ0v) is 16.6. The fourth-order valence-electron chi connectivity index (χ4n) is 3.56. The smallest absolute Gasteiger partial charge is 0.243 e. The minimum atomic E-state index is -0.242. The Morgan fingerprint density at radius 2 is 1.81 bits per heavy atom. The molecule has 5 heteroatoms. The molecule has 0 spiro atoms. The lowest BCUT2D eigenvalue weighted by atomic mass is 9.97. The van der Waals surface area contributed by atoms with Gasteiger partial charge in [-0.05, 0) is 29.5 Å². The van der Waals surface area contributed by atoms with Crippen LogP contribution in [0.1, 0.15) is 36.5 Å². The van der Waals surface area contributed by atoms with Crippen molar-refractivity contribution in [3.05, 3.63) is 71.7 Å². The number of anilines is 1. The summed E-state index contributed by atoms with van der Waals surface area (Å²) in [6.45, 7) is 0. The van der Waals surface area contributed by atoms with Gasteiger partial charge in [0.05, 0.1) is 0 Å². The molecule has 1 heterocycles. The van der Waals surface area contributed by atoms with E-state index in [1.165, 1.54) is 37.0 Å². The van der Waals surface area contributed by atoms with Crippen molar-refractivity contribution < 1.29 is 4.79 Å². The summed E-state index contributed by atoms with van der Waals surface area (Å²) in [5, 5.41) is 5.86. The van der Waals surface area contributed by atoms with Crippen molar-refractivity contribution in [1.29, 1.82) is 0 Å². The van der Waals surface area contributed by atoms with Gasteiger partial charge >= 0.3 is 0 Å². The van der Waals surface area contributed by atoms with Crippen LogP contribution >= 0.6 is 23.1 Å². The highest BCUT2D eigenvalue weighted by Gasteiger charge is 2.29. The standard InChI is InChI=1S/C22H22N2OS2/c25-21(24-22-23-14-15-26-22)20(27-17-10-4-5-11-17)19-13-7-6-12-18(19)16-8-2-1-3-9-16/h1-3,6-9,12-15,17,20H,4-5,10-11H2,(H,23,24,25). The zero-order chi connectivity index (χ0) is 18.5. The average molecular weight is 395 g/mol. The maximum absolute atomic E-state index is 13.2. The number of carbonyl (C=O) groups excluding carboxylic acids is 1. The first-order chi connectivity index (χ1) is 13.3. The van der Waals surface area contributed by atoms with E-state index in [1.807, 2.05) is 47.5 Å². The third-order valence-electron chi connectivity index (χ3n) is 4.86. The number of hydrogen-bond acceptors (Lipinski definition) is 4. The van der Waals surface area contributed by atoms with E-state index in [1.54, 1.807) is 6.20 Å². The van der Waals surface area contributed by atoms with Crippen LogP contribution in [0.2, 0.25) is 0 Å². The summed E-state index contributed by atoms with van der Waals surface area (Å²) in [4.78, 5) is 17.4. The maximum atomic E-state index is 13.2. The lowest BCUT2D eigenvalue weighted by Crippen LogP contribution is -2.21. The molecule has 0 bridgehead atoms. The number of nitrogens with one attached hydrogen (secondary N) is 1. The van der Waals surface area contributed by atoms with Gasteiger partial charge in [-0.3, -0.25) is 4.79 Å². The lowest BCUT2D eigenvalue weighted by molar-refractivity contribution is -0.115. The van der Waals surface area contributed by atoms with E-state index in [0.717, 1.165) is 16.7 Å². The van der Waals surface area contributed by atoms with Crippen molar-refractivity contribution in [1.82, 2.24) is 4.98 Å². The van der Waals surface area contributed by atoms with E-state index in [0.29, 0.717) is 10.4 Å². The Morgan fingerprint density at radius 1 is 1.07 bits per heavy atom. The van der Waals surface area contributed by atoms with Crippen molar-refractivity contribution in [2.45, 2.75) is 36.2 Å². The van der Waals surface area contributed by atoms with Crippen LogP contribution in [0.5, 0.6) is 0 Å². The first-order valence-corrected chi connectivity index (χ1v) is 11.1. The molecular formula is C22H22N2OS2. The van der Waals surface area contributed by atoms with Gasteiger partial charge in [0.2, 0.25) is 5.91 Å². The van der Waals surface area contributed by atoms with Crippen molar-refractivity contribution >= 4 is 34.1 Å². The van der Waals surface area contributed by atoms with E-state index in [9.17, 15) is 4.79 Å². The second kappa shape index (κ2) is 8.72. The van der Waals surface area contributed by atoms with Crippen molar-refractivity contribution in [2.75, 3.05) is 5.32 Å². The number of rotatable bonds is 6. The summed E-state index contributed by atoms with van der Waals surface area (Å²) >= 11 is 3.26. The van der Waals surface area contributed by atoms with Gasteiger partial charge in [0, 0.05) is 16.8 Å². The summed E-state index contributed by atoms with van der Waals surface area (Å²) in [5.41, 5.74) is 3.35. The molecule has 4 rings (SSSR count). The van der Waals surface area contributed by atoms with Gasteiger partial charge in [0.25, 0.3) is 0 Å². The second-order valence-corrected chi connectivity index (χ2v) is 9.01. The van der Waals surface area contributed by atoms with Gasteiger partial charge in [-0.2, -0.15) is 0 Å². The Bertz CT molecular complexity index is 874. The molecule has 1 aromatic heterocycles. The highest BCUT2D eigenvalue weighted by atomic mass is 32.2. The molecule has 1 saturated carbocycles. The largest absolute Gasteiger partial charge is 0.301 e. The van der Waals surface area contributed by atoms with Gasteiger partial charge in [-0.25, -0.2) is 4.98 Å². The number of aromatic nitrogens is 1. The van der Waals surface area contributed by atoms with Crippen LogP contribution in [0.3, 0.4) is 0 Å². The third-order valence-corrected chi connectivity index (χ3v) is 7.14. The molecule has 2 aromatic carbocycles. The van der Waals surface area contributed by atoms with E-state index in [2.05, 4.69) is 34.6 Å². The average Bonchev–Trinajstić information content (AvgIpc) is 3.41. The Balaban J connectivity index is 1.68. The molecule has 138 valence electrons. The molecular weight excluding hydrogens is 372 g/mol. The highest BCUT2D eigenvalue weighted by Crippen LogP contribution is 2.43. The first-order valence-electron chi connectivity index (χ1n) is 9.31. The Morgan fingerprint density at radius 3 is 2.56 bits per heavy atom. The number of carbonyl (C=O) groups is 1. The molecule has 0 saturated heterocycles. The van der Waals surface area contributed by atoms with Crippen LogP contribution in [0.15, 0.2) is 66.2 Å². The molecule has 1 atom stereocenters. The Hall–Kier alpha value is -2.11. The molecule has 1 fully saturated rings. The maximum Gasteiger partial charge on any atom is 0.243 e. The number of benzene rings is 2. The van der Waals surface area contributed by atoms with Crippen LogP contribution in [0.4, 0.5) is 5.13 Å². The fourth-order valence-corrected chi connectivity index (χ4v) is 5.61. The SMILES string of the molecule is O=C(Nc1nccs1)C(SC1CCCC1)c1ccccc1-c1ccccc1. The zero-order valence-electron chi connectivity index (χ0n) is 15.0. The minimum Gasteiger partial charge on any atom is -0.301 e. The lowest BCUT2D eigenvalue weighted by Gasteiger charge is -2.22. The predicted molar refractivity (Wildman–Crippen MR) is 115 cm³/mol. The summed E-state index contributed by atoms with van der Waals surface area (Å²) in [5.74, 6) is 0.0187. The van der Waals surface area contributed by atoms with Gasteiger partial charge < -0.3 is 5.32 Å². The summed E-state index contributed by atoms with van der Waals surface area (Å²) < 4.78 is 0. The topological polar surface area (TPSA) is 42.0 Å². The monoisotopic (exact) mass is 394 g/mol. The van der Waals surface area contributed by atoms with Crippen molar-refractivity contribution in [3.8, 4) is 11.1 Å². The normalized spacial score (nSPS) is 15.6. The molecule has 1 aliphatic carbocycles. The Kier molecular flexibility index (Phi) is 5.90. The molecule has 1 unspecified atom stereocenters. The summed E-state index contributed by atoms with van der Waals surface area (Å²) in [6, 6.07) is 18.6. The molecule has 1 amide bonds. The molecule has 1 N–H and O–H groups in total. The van der Waals surface area contributed by atoms with Crippen LogP contribution in [0, 0.1) is 0 Å². The number of thiazole rings is 1. The molecule has 3 nitrogen and oxygen atoms in total. The number of hydrogen-bond donors (Lipinski definition) is 1. The quantitative estimate of drug-likeness (QED) is 0.544. The molecule has 0 aliphatic heterocycles. The molecule has 27 heavy (non-hydrogen) atoms. The van der Waals surface area contributed by atoms with Crippen LogP contribution in [-0.2, 0) is 4.79 Å². The van der Waals surface area contributed by atoms with Crippen LogP contribution < -0.4 is 5.32 Å². The van der Waals surface area contributed by atoms with E-state index in [-0.39, 0.29) is 11.2 Å². The van der Waals surface area contributed by atoms with E-state index in [4.69, 9.17) is 0 Å². The molecule has 1 aliphatic rings. The number of nitrogens with zero attached hydrogens (tertiary/aromatic N) is 1. The van der Waals surface area contributed by atoms with Crippen molar-refractivity contribution in [3.63, 3.8) is 0 Å². The predicted octanol–water partition coefficient (Wildman–Crippen LogP) is 6.17. The van der Waals surface area contributed by atoms with Crippen LogP contribution in [-0.4, -0.2) is 16.1 Å². The minimum absolute atomic E-state index is 0.0187. The van der Waals surface area contributed by atoms with Gasteiger partial charge in [0.15, 0.2) is 5.13 Å². The number of thioether (sulfide) groups is 1. The second-order valence-electron chi connectivity index (χ2n) is 6.70. The van der Waals surface area contributed by atoms with Crippen molar-refractivity contribution in [2.24, 2.45) is 0 Å². The fraction of sp³-hybridized carbons (Fsp3) is 0.273. The third kappa shape index (κ3) is 4.42. The van der Waals surface area contributed by atoms with Gasteiger partial charge in [-0.1, -0.05) is 67.4 Å². The number of amides is 1. The summed E-state index contributed by atoms with van der Waals surface area (Å²) in [7, 11) is 0. The summed E-state index contributed by atoms with van der Waals surface area (Å²) in [6.07, 6.45) is 6.63. The van der Waals surface area contributed by atoms with E-state index >= 15 is 0 Å². The van der Waals surface area contributed by atoms with Gasteiger partial charge in [0.1, 0.15) is 5.25 Å². The van der Waals surface area contributed by atoms with Gasteiger partial charge in [-0.15, -0.1) is 23.1 Å². The first kappa shape index (κ1) is 18.3. The Labute approximate surface area is 168 Å². The van der Waals surface area contributed by atoms with Crippen LogP contribution in [0.25, 0.3) is 11.1 Å². The molecule has 3 aromatic rings. The van der Waals surface area contributed by atoms with E-state index < -0.39 is 0 Å². The molecule has 0 radical (unpaired) electrons. The highest BCUT2D eigenvalue weighted by molar-refractivity contribution is 8.00.